The first-order valence-electron chi connectivity index (χ1n) is 9.16. The molecule has 3 heterocycles. The van der Waals surface area contributed by atoms with E-state index in [-0.39, 0.29) is 18.1 Å². The molecule has 2 aliphatic heterocycles. The number of ether oxygens (including phenoxy) is 1. The van der Waals surface area contributed by atoms with E-state index in [4.69, 9.17) is 4.74 Å². The molecule has 2 unspecified atom stereocenters. The average Bonchev–Trinajstić information content (AvgIpc) is 2.94. The van der Waals surface area contributed by atoms with Crippen LogP contribution in [0.3, 0.4) is 0 Å². The lowest BCUT2D eigenvalue weighted by Gasteiger charge is -2.54. The summed E-state index contributed by atoms with van der Waals surface area (Å²) in [5, 5.41) is 0.405. The summed E-state index contributed by atoms with van der Waals surface area (Å²) in [6.45, 7) is 3.76. The first kappa shape index (κ1) is 17.9. The molecule has 142 valence electrons. The number of alkyl halides is 2. The lowest BCUT2D eigenvalue weighted by atomic mass is 9.60. The number of rotatable bonds is 5. The molecule has 26 heavy (non-hydrogen) atoms. The van der Waals surface area contributed by atoms with E-state index in [1.54, 1.807) is 0 Å². The van der Waals surface area contributed by atoms with E-state index < -0.39 is 5.92 Å². The number of aromatic nitrogens is 2. The molecule has 5 rings (SSSR count). The van der Waals surface area contributed by atoms with Crippen molar-refractivity contribution in [3.8, 4) is 0 Å². The molecule has 0 amide bonds. The van der Waals surface area contributed by atoms with E-state index in [2.05, 4.69) is 14.9 Å². The largest absolute Gasteiger partial charge is 0.466 e. The number of carbonyl (C=O) groups excluding carboxylic acids is 1. The van der Waals surface area contributed by atoms with E-state index in [1.165, 1.54) is 11.8 Å². The second kappa shape index (κ2) is 6.62. The highest BCUT2D eigenvalue weighted by molar-refractivity contribution is 7.98. The van der Waals surface area contributed by atoms with Crippen LogP contribution in [0.1, 0.15) is 37.4 Å². The highest BCUT2D eigenvalue weighted by atomic mass is 32.2. The SMILES string of the molecule is CCOC(=O)CC1C2CC1CN(c1nc(SC)nc3c1CCC3(F)F)C2. The first-order chi connectivity index (χ1) is 12.4. The van der Waals surface area contributed by atoms with Gasteiger partial charge in [0.15, 0.2) is 5.16 Å². The van der Waals surface area contributed by atoms with Crippen LogP contribution in [0.5, 0.6) is 0 Å². The number of anilines is 1. The Bertz CT molecular complexity index is 719. The van der Waals surface area contributed by atoms with Crippen LogP contribution in [0.2, 0.25) is 0 Å². The molecule has 8 heteroatoms. The van der Waals surface area contributed by atoms with Gasteiger partial charge in [0, 0.05) is 31.5 Å². The summed E-state index contributed by atoms with van der Waals surface area (Å²) in [5.41, 5.74) is 0.519. The average molecular weight is 383 g/mol. The molecule has 1 aromatic rings. The van der Waals surface area contributed by atoms with E-state index >= 15 is 0 Å². The maximum absolute atomic E-state index is 14.2. The summed E-state index contributed by atoms with van der Waals surface area (Å²) in [6, 6.07) is 0. The predicted octanol–water partition coefficient (Wildman–Crippen LogP) is 3.26. The van der Waals surface area contributed by atoms with Crippen molar-refractivity contribution in [2.24, 2.45) is 17.8 Å². The lowest BCUT2D eigenvalue weighted by Crippen LogP contribution is -2.56. The van der Waals surface area contributed by atoms with Gasteiger partial charge in [-0.15, -0.1) is 0 Å². The van der Waals surface area contributed by atoms with Gasteiger partial charge in [0.05, 0.1) is 6.61 Å². The third-order valence-electron chi connectivity index (χ3n) is 5.92. The Morgan fingerprint density at radius 3 is 2.73 bits per heavy atom. The highest BCUT2D eigenvalue weighted by Gasteiger charge is 2.49. The van der Waals surface area contributed by atoms with Crippen molar-refractivity contribution in [2.75, 3.05) is 30.9 Å². The van der Waals surface area contributed by atoms with Crippen molar-refractivity contribution < 1.29 is 18.3 Å². The van der Waals surface area contributed by atoms with Gasteiger partial charge in [-0.3, -0.25) is 4.79 Å². The number of nitrogens with zero attached hydrogens (tertiary/aromatic N) is 3. The fourth-order valence-electron chi connectivity index (χ4n) is 4.64. The Morgan fingerprint density at radius 2 is 2.08 bits per heavy atom. The zero-order valence-electron chi connectivity index (χ0n) is 15.0. The lowest BCUT2D eigenvalue weighted by molar-refractivity contribution is -0.147. The van der Waals surface area contributed by atoms with Crippen LogP contribution in [-0.4, -0.2) is 41.9 Å². The van der Waals surface area contributed by atoms with Crippen molar-refractivity contribution in [3.63, 3.8) is 0 Å². The zero-order valence-corrected chi connectivity index (χ0v) is 15.8. The summed E-state index contributed by atoms with van der Waals surface area (Å²) >= 11 is 1.30. The van der Waals surface area contributed by atoms with Gasteiger partial charge in [0.1, 0.15) is 11.5 Å². The quantitative estimate of drug-likeness (QED) is 0.442. The molecular formula is C18H23F2N3O2S. The van der Waals surface area contributed by atoms with Crippen LogP contribution in [0.15, 0.2) is 5.16 Å². The molecule has 0 spiro atoms. The van der Waals surface area contributed by atoms with Crippen LogP contribution < -0.4 is 4.90 Å². The van der Waals surface area contributed by atoms with E-state index in [9.17, 15) is 13.6 Å². The molecule has 2 saturated heterocycles. The fraction of sp³-hybridized carbons (Fsp3) is 0.722. The molecule has 1 aromatic heterocycles. The van der Waals surface area contributed by atoms with Gasteiger partial charge < -0.3 is 9.64 Å². The molecule has 2 aliphatic carbocycles. The second-order valence-corrected chi connectivity index (χ2v) is 8.17. The Balaban J connectivity index is 1.54. The topological polar surface area (TPSA) is 55.3 Å². The van der Waals surface area contributed by atoms with Crippen LogP contribution in [-0.2, 0) is 21.9 Å². The van der Waals surface area contributed by atoms with Gasteiger partial charge in [-0.1, -0.05) is 11.8 Å². The number of fused-ring (bicyclic) bond motifs is 3. The maximum atomic E-state index is 14.2. The van der Waals surface area contributed by atoms with Gasteiger partial charge in [-0.05, 0) is 43.8 Å². The molecule has 0 radical (unpaired) electrons. The number of hydrogen-bond acceptors (Lipinski definition) is 6. The van der Waals surface area contributed by atoms with Crippen molar-refractivity contribution in [3.05, 3.63) is 11.3 Å². The Hall–Kier alpha value is -1.44. The minimum Gasteiger partial charge on any atom is -0.466 e. The Morgan fingerprint density at radius 1 is 1.35 bits per heavy atom. The molecule has 4 aliphatic rings. The van der Waals surface area contributed by atoms with Crippen molar-refractivity contribution in [2.45, 2.75) is 43.7 Å². The number of esters is 1. The van der Waals surface area contributed by atoms with Crippen molar-refractivity contribution in [1.82, 2.24) is 9.97 Å². The normalized spacial score (nSPS) is 28.5. The minimum atomic E-state index is -2.86. The predicted molar refractivity (Wildman–Crippen MR) is 94.6 cm³/mol. The molecule has 1 saturated carbocycles. The van der Waals surface area contributed by atoms with Crippen LogP contribution in [0.25, 0.3) is 0 Å². The number of hydrogen-bond donors (Lipinski definition) is 0. The van der Waals surface area contributed by atoms with Crippen LogP contribution >= 0.6 is 11.8 Å². The van der Waals surface area contributed by atoms with Crippen molar-refractivity contribution in [1.29, 1.82) is 0 Å². The van der Waals surface area contributed by atoms with Crippen molar-refractivity contribution >= 4 is 23.5 Å². The molecule has 2 bridgehead atoms. The first-order valence-corrected chi connectivity index (χ1v) is 10.4. The summed E-state index contributed by atoms with van der Waals surface area (Å²) < 4.78 is 33.5. The minimum absolute atomic E-state index is 0.0887. The highest BCUT2D eigenvalue weighted by Crippen LogP contribution is 2.50. The zero-order chi connectivity index (χ0) is 18.5. The summed E-state index contributed by atoms with van der Waals surface area (Å²) in [5.74, 6) is -1.15. The second-order valence-electron chi connectivity index (χ2n) is 7.40. The molecule has 5 nitrogen and oxygen atoms in total. The summed E-state index contributed by atoms with van der Waals surface area (Å²) in [7, 11) is 0. The Labute approximate surface area is 155 Å². The summed E-state index contributed by atoms with van der Waals surface area (Å²) in [6.07, 6.45) is 3.51. The van der Waals surface area contributed by atoms with Gasteiger partial charge in [0.25, 0.3) is 5.92 Å². The Kier molecular flexibility index (Phi) is 4.57. The van der Waals surface area contributed by atoms with E-state index in [0.717, 1.165) is 19.5 Å². The van der Waals surface area contributed by atoms with Gasteiger partial charge in [-0.2, -0.15) is 8.78 Å². The molecule has 0 aromatic carbocycles. The van der Waals surface area contributed by atoms with Gasteiger partial charge in [0.2, 0.25) is 0 Å². The van der Waals surface area contributed by atoms with Gasteiger partial charge in [-0.25, -0.2) is 9.97 Å². The van der Waals surface area contributed by atoms with E-state index in [0.29, 0.717) is 53.7 Å². The number of carbonyl (C=O) groups is 1. The number of piperidine rings is 2. The smallest absolute Gasteiger partial charge is 0.306 e. The summed E-state index contributed by atoms with van der Waals surface area (Å²) in [4.78, 5) is 22.6. The maximum Gasteiger partial charge on any atom is 0.306 e. The standard InChI is InChI=1S/C18H23F2N3O2S/c1-3-25-14(24)7-13-10-6-11(13)9-23(8-10)16-12-4-5-18(19,20)15(12)21-17(22-16)26-2/h10-11,13H,3-9H2,1-2H3. The number of halogens is 2. The molecular weight excluding hydrogens is 360 g/mol. The van der Waals surface area contributed by atoms with E-state index in [1.807, 2.05) is 13.2 Å². The fourth-order valence-corrected chi connectivity index (χ4v) is 5.01. The molecule has 0 N–H and O–H groups in total. The number of thioether (sulfide) groups is 1. The van der Waals surface area contributed by atoms with Crippen LogP contribution in [0.4, 0.5) is 14.6 Å². The van der Waals surface area contributed by atoms with Crippen LogP contribution in [0, 0.1) is 17.8 Å². The molecule has 3 fully saturated rings. The van der Waals surface area contributed by atoms with Gasteiger partial charge >= 0.3 is 5.97 Å². The third-order valence-corrected chi connectivity index (χ3v) is 6.46. The monoisotopic (exact) mass is 383 g/mol. The third kappa shape index (κ3) is 2.96. The molecule has 2 atom stereocenters.